The van der Waals surface area contributed by atoms with E-state index < -0.39 is 0 Å². The molecule has 3 heterocycles. The summed E-state index contributed by atoms with van der Waals surface area (Å²) in [4.78, 5) is 27.4. The first-order valence-electron chi connectivity index (χ1n) is 8.39. The molecular formula is C18H23N5O. The molecule has 1 saturated heterocycles. The average molecular weight is 325 g/mol. The average Bonchev–Trinajstić information content (AvgIpc) is 2.60. The lowest BCUT2D eigenvalue weighted by atomic mass is 9.99. The van der Waals surface area contributed by atoms with Gasteiger partial charge < -0.3 is 10.2 Å². The van der Waals surface area contributed by atoms with Gasteiger partial charge in [0.2, 0.25) is 0 Å². The summed E-state index contributed by atoms with van der Waals surface area (Å²) in [5.41, 5.74) is 1.53. The van der Waals surface area contributed by atoms with E-state index in [0.29, 0.717) is 29.8 Å². The molecule has 24 heavy (non-hydrogen) atoms. The van der Waals surface area contributed by atoms with E-state index in [1.807, 2.05) is 30.2 Å². The monoisotopic (exact) mass is 325 g/mol. The summed E-state index contributed by atoms with van der Waals surface area (Å²) in [6, 6.07) is 5.63. The Labute approximate surface area is 142 Å². The van der Waals surface area contributed by atoms with E-state index in [2.05, 4.69) is 27.2 Å². The third-order valence-corrected chi connectivity index (χ3v) is 4.32. The number of rotatable bonds is 4. The Morgan fingerprint density at radius 2 is 2.12 bits per heavy atom. The second-order valence-electron chi connectivity index (χ2n) is 6.38. The van der Waals surface area contributed by atoms with Crippen LogP contribution in [0.5, 0.6) is 0 Å². The lowest BCUT2D eigenvalue weighted by Crippen LogP contribution is -2.38. The highest BCUT2D eigenvalue weighted by Crippen LogP contribution is 2.18. The number of aromatic nitrogens is 3. The molecule has 6 nitrogen and oxygen atoms in total. The van der Waals surface area contributed by atoms with Crippen LogP contribution in [0.2, 0.25) is 0 Å². The number of nitrogens with zero attached hydrogens (tertiary/aromatic N) is 4. The summed E-state index contributed by atoms with van der Waals surface area (Å²) in [5, 5.41) is 3.25. The van der Waals surface area contributed by atoms with E-state index in [1.165, 1.54) is 0 Å². The molecule has 0 spiro atoms. The van der Waals surface area contributed by atoms with Gasteiger partial charge >= 0.3 is 0 Å². The Kier molecular flexibility index (Phi) is 5.03. The fourth-order valence-corrected chi connectivity index (χ4v) is 2.84. The molecule has 1 aliphatic rings. The van der Waals surface area contributed by atoms with Crippen molar-refractivity contribution in [3.8, 4) is 0 Å². The minimum atomic E-state index is -0.00294. The minimum absolute atomic E-state index is 0.00294. The van der Waals surface area contributed by atoms with E-state index in [0.717, 1.165) is 31.5 Å². The first-order valence-corrected chi connectivity index (χ1v) is 8.39. The first kappa shape index (κ1) is 16.4. The van der Waals surface area contributed by atoms with Crippen molar-refractivity contribution in [1.29, 1.82) is 0 Å². The molecule has 0 atom stereocenters. The molecule has 0 bridgehead atoms. The molecule has 1 fully saturated rings. The molecule has 6 heteroatoms. The quantitative estimate of drug-likeness (QED) is 0.936. The van der Waals surface area contributed by atoms with E-state index in [-0.39, 0.29) is 5.91 Å². The molecule has 1 aliphatic heterocycles. The molecular weight excluding hydrogens is 302 g/mol. The Morgan fingerprint density at radius 1 is 1.33 bits per heavy atom. The van der Waals surface area contributed by atoms with Gasteiger partial charge in [-0.3, -0.25) is 9.78 Å². The summed E-state index contributed by atoms with van der Waals surface area (Å²) in [6.07, 6.45) is 5.67. The number of pyridine rings is 1. The van der Waals surface area contributed by atoms with Crippen LogP contribution in [0, 0.1) is 12.8 Å². The zero-order chi connectivity index (χ0) is 16.9. The van der Waals surface area contributed by atoms with Gasteiger partial charge in [-0.25, -0.2) is 9.97 Å². The topological polar surface area (TPSA) is 71.0 Å². The summed E-state index contributed by atoms with van der Waals surface area (Å²) in [5.74, 6) is 1.95. The maximum atomic E-state index is 12.7. The van der Waals surface area contributed by atoms with Crippen molar-refractivity contribution in [2.24, 2.45) is 5.92 Å². The van der Waals surface area contributed by atoms with Crippen LogP contribution in [0.4, 0.5) is 5.82 Å². The molecule has 3 rings (SSSR count). The number of hydrogen-bond acceptors (Lipinski definition) is 5. The smallest absolute Gasteiger partial charge is 0.272 e. The number of hydrogen-bond donors (Lipinski definition) is 1. The molecule has 0 aliphatic carbocycles. The molecule has 2 aromatic rings. The highest BCUT2D eigenvalue weighted by Gasteiger charge is 2.23. The molecule has 0 unspecified atom stereocenters. The van der Waals surface area contributed by atoms with Gasteiger partial charge in [0.25, 0.3) is 5.91 Å². The summed E-state index contributed by atoms with van der Waals surface area (Å²) < 4.78 is 0. The Hall–Kier alpha value is -2.50. The van der Waals surface area contributed by atoms with E-state index in [9.17, 15) is 4.79 Å². The van der Waals surface area contributed by atoms with Crippen molar-refractivity contribution < 1.29 is 4.79 Å². The maximum Gasteiger partial charge on any atom is 0.272 e. The molecule has 0 radical (unpaired) electrons. The van der Waals surface area contributed by atoms with E-state index >= 15 is 0 Å². The highest BCUT2D eigenvalue weighted by molar-refractivity contribution is 5.93. The number of piperidine rings is 1. The van der Waals surface area contributed by atoms with Gasteiger partial charge in [-0.15, -0.1) is 0 Å². The van der Waals surface area contributed by atoms with Crippen molar-refractivity contribution in [2.45, 2.75) is 33.2 Å². The summed E-state index contributed by atoms with van der Waals surface area (Å²) in [7, 11) is 0. The first-order chi connectivity index (χ1) is 11.6. The van der Waals surface area contributed by atoms with Crippen molar-refractivity contribution in [3.05, 3.63) is 47.7 Å². The van der Waals surface area contributed by atoms with Crippen LogP contribution in [0.1, 0.15) is 41.6 Å². The Morgan fingerprint density at radius 3 is 2.83 bits per heavy atom. The van der Waals surface area contributed by atoms with Crippen molar-refractivity contribution in [2.75, 3.05) is 18.4 Å². The van der Waals surface area contributed by atoms with Crippen LogP contribution in [-0.2, 0) is 6.54 Å². The number of carbonyl (C=O) groups is 1. The number of aryl methyl sites for hydroxylation is 1. The van der Waals surface area contributed by atoms with Gasteiger partial charge in [0, 0.05) is 38.1 Å². The highest BCUT2D eigenvalue weighted by atomic mass is 16.2. The van der Waals surface area contributed by atoms with Gasteiger partial charge in [-0.05, 0) is 37.3 Å². The number of amides is 1. The Bertz CT molecular complexity index is 696. The maximum absolute atomic E-state index is 12.7. The van der Waals surface area contributed by atoms with Gasteiger partial charge in [0.05, 0.1) is 0 Å². The predicted octanol–water partition coefficient (Wildman–Crippen LogP) is 2.66. The number of likely N-dealkylation sites (tertiary alicyclic amines) is 1. The molecule has 2 aromatic heterocycles. The van der Waals surface area contributed by atoms with Crippen molar-refractivity contribution in [1.82, 2.24) is 19.9 Å². The summed E-state index contributed by atoms with van der Waals surface area (Å²) >= 11 is 0. The van der Waals surface area contributed by atoms with E-state index in [1.54, 1.807) is 12.3 Å². The fourth-order valence-electron chi connectivity index (χ4n) is 2.84. The molecule has 0 saturated carbocycles. The zero-order valence-electron chi connectivity index (χ0n) is 14.2. The van der Waals surface area contributed by atoms with Gasteiger partial charge in [0.15, 0.2) is 0 Å². The normalized spacial score (nSPS) is 15.3. The number of anilines is 1. The van der Waals surface area contributed by atoms with Crippen molar-refractivity contribution >= 4 is 11.7 Å². The SMILES string of the molecule is Cc1nc(NCc2cccnc2)cc(C(=O)N2CCC(C)CC2)n1. The lowest BCUT2D eigenvalue weighted by Gasteiger charge is -2.30. The number of carbonyl (C=O) groups excluding carboxylic acids is 1. The molecule has 1 N–H and O–H groups in total. The van der Waals surface area contributed by atoms with E-state index in [4.69, 9.17) is 0 Å². The van der Waals surface area contributed by atoms with Crippen LogP contribution in [0.15, 0.2) is 30.6 Å². The standard InChI is InChI=1S/C18H23N5O/c1-13-5-8-23(9-6-13)18(24)16-10-17(22-14(2)21-16)20-12-15-4-3-7-19-11-15/h3-4,7,10-11,13H,5-6,8-9,12H2,1-2H3,(H,20,21,22). The largest absolute Gasteiger partial charge is 0.366 e. The lowest BCUT2D eigenvalue weighted by molar-refractivity contribution is 0.0691. The molecule has 0 aromatic carbocycles. The van der Waals surface area contributed by atoms with Crippen LogP contribution >= 0.6 is 0 Å². The van der Waals surface area contributed by atoms with Crippen molar-refractivity contribution in [3.63, 3.8) is 0 Å². The second-order valence-corrected chi connectivity index (χ2v) is 6.38. The Balaban J connectivity index is 1.70. The van der Waals surface area contributed by atoms with Gasteiger partial charge in [0.1, 0.15) is 17.3 Å². The zero-order valence-corrected chi connectivity index (χ0v) is 14.2. The predicted molar refractivity (Wildman–Crippen MR) is 92.6 cm³/mol. The van der Waals surface area contributed by atoms with Crippen LogP contribution in [-0.4, -0.2) is 38.8 Å². The van der Waals surface area contributed by atoms with Gasteiger partial charge in [-0.2, -0.15) is 0 Å². The van der Waals surface area contributed by atoms with Crippen LogP contribution in [0.3, 0.4) is 0 Å². The molecule has 126 valence electrons. The minimum Gasteiger partial charge on any atom is -0.366 e. The summed E-state index contributed by atoms with van der Waals surface area (Å²) in [6.45, 7) is 6.27. The van der Waals surface area contributed by atoms with Crippen LogP contribution < -0.4 is 5.32 Å². The third-order valence-electron chi connectivity index (χ3n) is 4.32. The second kappa shape index (κ2) is 7.38. The number of nitrogens with one attached hydrogen (secondary N) is 1. The molecule has 1 amide bonds. The third kappa shape index (κ3) is 4.07. The van der Waals surface area contributed by atoms with Gasteiger partial charge in [-0.1, -0.05) is 13.0 Å². The fraction of sp³-hybridized carbons (Fsp3) is 0.444. The van der Waals surface area contributed by atoms with Crippen LogP contribution in [0.25, 0.3) is 0 Å².